The molecule has 0 radical (unpaired) electrons. The molecule has 0 aliphatic heterocycles. The van der Waals surface area contributed by atoms with E-state index in [1.165, 1.54) is 16.3 Å². The van der Waals surface area contributed by atoms with Gasteiger partial charge in [0.1, 0.15) is 0 Å². The van der Waals surface area contributed by atoms with Gasteiger partial charge in [-0.15, -0.1) is 0 Å². The van der Waals surface area contributed by atoms with Crippen LogP contribution in [0.2, 0.25) is 0 Å². The zero-order chi connectivity index (χ0) is 9.80. The van der Waals surface area contributed by atoms with E-state index < -0.39 is 0 Å². The molecule has 2 aromatic carbocycles. The summed E-state index contributed by atoms with van der Waals surface area (Å²) < 4.78 is 0. The zero-order valence-electron chi connectivity index (χ0n) is 8.46. The fourth-order valence-corrected chi connectivity index (χ4v) is 1.77. The van der Waals surface area contributed by atoms with E-state index in [2.05, 4.69) is 47.8 Å². The van der Waals surface area contributed by atoms with Gasteiger partial charge in [0, 0.05) is 0 Å². The van der Waals surface area contributed by atoms with E-state index in [9.17, 15) is 0 Å². The SMILES string of the molecule is CNCCc1cccc2ccccc12. The van der Waals surface area contributed by atoms with Crippen molar-refractivity contribution in [3.63, 3.8) is 0 Å². The Morgan fingerprint density at radius 3 is 2.64 bits per heavy atom. The number of likely N-dealkylation sites (N-methyl/N-ethyl adjacent to an activating group) is 1. The van der Waals surface area contributed by atoms with Crippen LogP contribution in [0.25, 0.3) is 10.8 Å². The molecule has 0 atom stereocenters. The summed E-state index contributed by atoms with van der Waals surface area (Å²) in [6.45, 7) is 1.04. The van der Waals surface area contributed by atoms with Gasteiger partial charge in [-0.3, -0.25) is 0 Å². The van der Waals surface area contributed by atoms with Crippen LogP contribution in [0.4, 0.5) is 0 Å². The second-order valence-electron chi connectivity index (χ2n) is 3.49. The Hall–Kier alpha value is -1.34. The molecule has 2 aromatic rings. The first-order valence-corrected chi connectivity index (χ1v) is 5.03. The monoisotopic (exact) mass is 185 g/mol. The van der Waals surface area contributed by atoms with Crippen molar-refractivity contribution in [3.05, 3.63) is 48.0 Å². The van der Waals surface area contributed by atoms with Gasteiger partial charge in [-0.05, 0) is 36.3 Å². The van der Waals surface area contributed by atoms with E-state index in [1.54, 1.807) is 0 Å². The lowest BCUT2D eigenvalue weighted by atomic mass is 10.0. The first kappa shape index (κ1) is 9.22. The summed E-state index contributed by atoms with van der Waals surface area (Å²) in [4.78, 5) is 0. The predicted octanol–water partition coefficient (Wildman–Crippen LogP) is 2.60. The lowest BCUT2D eigenvalue weighted by molar-refractivity contribution is 0.795. The molecule has 72 valence electrons. The van der Waals surface area contributed by atoms with Gasteiger partial charge in [0.05, 0.1) is 0 Å². The third kappa shape index (κ3) is 1.78. The average Bonchev–Trinajstić information content (AvgIpc) is 2.26. The van der Waals surface area contributed by atoms with E-state index in [1.807, 2.05) is 7.05 Å². The first-order chi connectivity index (χ1) is 6.92. The van der Waals surface area contributed by atoms with Gasteiger partial charge in [0.15, 0.2) is 0 Å². The maximum absolute atomic E-state index is 3.18. The minimum absolute atomic E-state index is 1.04. The molecule has 0 saturated heterocycles. The predicted molar refractivity (Wildman–Crippen MR) is 61.6 cm³/mol. The standard InChI is InChI=1S/C13H15N/c1-14-10-9-12-7-4-6-11-5-2-3-8-13(11)12/h2-8,14H,9-10H2,1H3. The Labute approximate surface area is 84.8 Å². The number of hydrogen-bond donors (Lipinski definition) is 1. The van der Waals surface area contributed by atoms with Crippen LogP contribution in [0.1, 0.15) is 5.56 Å². The number of fused-ring (bicyclic) bond motifs is 1. The number of nitrogens with one attached hydrogen (secondary N) is 1. The molecule has 0 aliphatic carbocycles. The van der Waals surface area contributed by atoms with Crippen molar-refractivity contribution in [2.24, 2.45) is 0 Å². The van der Waals surface area contributed by atoms with Crippen molar-refractivity contribution in [3.8, 4) is 0 Å². The second-order valence-corrected chi connectivity index (χ2v) is 3.49. The van der Waals surface area contributed by atoms with Crippen molar-refractivity contribution in [1.82, 2.24) is 5.32 Å². The summed E-state index contributed by atoms with van der Waals surface area (Å²) in [5, 5.41) is 5.90. The van der Waals surface area contributed by atoms with Crippen LogP contribution in [0.3, 0.4) is 0 Å². The smallest absolute Gasteiger partial charge is 0.00111 e. The van der Waals surface area contributed by atoms with Crippen molar-refractivity contribution >= 4 is 10.8 Å². The molecule has 0 fully saturated rings. The van der Waals surface area contributed by atoms with Crippen LogP contribution in [0, 0.1) is 0 Å². The number of benzene rings is 2. The van der Waals surface area contributed by atoms with Gasteiger partial charge in [-0.2, -0.15) is 0 Å². The zero-order valence-corrected chi connectivity index (χ0v) is 8.46. The van der Waals surface area contributed by atoms with Crippen LogP contribution in [0.5, 0.6) is 0 Å². The molecular weight excluding hydrogens is 170 g/mol. The summed E-state index contributed by atoms with van der Waals surface area (Å²) in [5.74, 6) is 0. The highest BCUT2D eigenvalue weighted by atomic mass is 14.8. The van der Waals surface area contributed by atoms with Gasteiger partial charge in [-0.1, -0.05) is 42.5 Å². The van der Waals surface area contributed by atoms with Crippen molar-refractivity contribution in [2.75, 3.05) is 13.6 Å². The van der Waals surface area contributed by atoms with Crippen LogP contribution in [-0.2, 0) is 6.42 Å². The van der Waals surface area contributed by atoms with Gasteiger partial charge in [0.2, 0.25) is 0 Å². The molecular formula is C13H15N. The molecule has 0 spiro atoms. The normalized spacial score (nSPS) is 10.6. The molecule has 1 heteroatoms. The van der Waals surface area contributed by atoms with Gasteiger partial charge in [-0.25, -0.2) is 0 Å². The minimum Gasteiger partial charge on any atom is -0.319 e. The molecule has 0 aromatic heterocycles. The van der Waals surface area contributed by atoms with Crippen molar-refractivity contribution in [2.45, 2.75) is 6.42 Å². The third-order valence-electron chi connectivity index (χ3n) is 2.52. The highest BCUT2D eigenvalue weighted by Gasteiger charge is 1.98. The van der Waals surface area contributed by atoms with Gasteiger partial charge >= 0.3 is 0 Å². The van der Waals surface area contributed by atoms with E-state index in [-0.39, 0.29) is 0 Å². The Morgan fingerprint density at radius 1 is 1.00 bits per heavy atom. The molecule has 0 unspecified atom stereocenters. The Kier molecular flexibility index (Phi) is 2.80. The van der Waals surface area contributed by atoms with Crippen molar-refractivity contribution in [1.29, 1.82) is 0 Å². The summed E-state index contributed by atoms with van der Waals surface area (Å²) in [7, 11) is 1.99. The fourth-order valence-electron chi connectivity index (χ4n) is 1.77. The molecule has 2 rings (SSSR count). The molecule has 1 N–H and O–H groups in total. The van der Waals surface area contributed by atoms with Gasteiger partial charge < -0.3 is 5.32 Å². The molecule has 0 heterocycles. The van der Waals surface area contributed by atoms with E-state index >= 15 is 0 Å². The maximum Gasteiger partial charge on any atom is -0.00111 e. The highest BCUT2D eigenvalue weighted by Crippen LogP contribution is 2.18. The van der Waals surface area contributed by atoms with Crippen molar-refractivity contribution < 1.29 is 0 Å². The summed E-state index contributed by atoms with van der Waals surface area (Å²) in [6, 6.07) is 15.1. The first-order valence-electron chi connectivity index (χ1n) is 5.03. The van der Waals surface area contributed by atoms with Crippen LogP contribution >= 0.6 is 0 Å². The molecule has 0 saturated carbocycles. The Morgan fingerprint density at radius 2 is 1.79 bits per heavy atom. The minimum atomic E-state index is 1.04. The van der Waals surface area contributed by atoms with Gasteiger partial charge in [0.25, 0.3) is 0 Å². The molecule has 0 aliphatic rings. The quantitative estimate of drug-likeness (QED) is 0.775. The summed E-state index contributed by atoms with van der Waals surface area (Å²) >= 11 is 0. The second kappa shape index (κ2) is 4.25. The van der Waals surface area contributed by atoms with Crippen LogP contribution in [-0.4, -0.2) is 13.6 Å². The number of rotatable bonds is 3. The lowest BCUT2D eigenvalue weighted by Gasteiger charge is -2.05. The topological polar surface area (TPSA) is 12.0 Å². The summed E-state index contributed by atoms with van der Waals surface area (Å²) in [5.41, 5.74) is 1.43. The molecule has 0 bridgehead atoms. The lowest BCUT2D eigenvalue weighted by Crippen LogP contribution is -2.10. The largest absolute Gasteiger partial charge is 0.319 e. The molecule has 1 nitrogen and oxygen atoms in total. The molecule has 14 heavy (non-hydrogen) atoms. The van der Waals surface area contributed by atoms with Crippen LogP contribution in [0.15, 0.2) is 42.5 Å². The van der Waals surface area contributed by atoms with E-state index in [0.717, 1.165) is 13.0 Å². The third-order valence-corrected chi connectivity index (χ3v) is 2.52. The van der Waals surface area contributed by atoms with E-state index in [4.69, 9.17) is 0 Å². The summed E-state index contributed by atoms with van der Waals surface area (Å²) in [6.07, 6.45) is 1.10. The highest BCUT2D eigenvalue weighted by molar-refractivity contribution is 5.85. The maximum atomic E-state index is 3.18. The fraction of sp³-hybridized carbons (Fsp3) is 0.231. The Bertz CT molecular complexity index is 415. The van der Waals surface area contributed by atoms with E-state index in [0.29, 0.717) is 0 Å². The Balaban J connectivity index is 2.43. The van der Waals surface area contributed by atoms with Crippen LogP contribution < -0.4 is 5.32 Å². The molecule has 0 amide bonds. The average molecular weight is 185 g/mol. The number of hydrogen-bond acceptors (Lipinski definition) is 1.